The van der Waals surface area contributed by atoms with E-state index in [1.54, 1.807) is 20.4 Å². The Hall–Kier alpha value is -2.46. The van der Waals surface area contributed by atoms with Crippen LogP contribution in [0.15, 0.2) is 53.2 Å². The zero-order valence-electron chi connectivity index (χ0n) is 12.2. The minimum Gasteiger partial charge on any atom is -0.497 e. The van der Waals surface area contributed by atoms with Crippen LogP contribution in [0.3, 0.4) is 0 Å². The van der Waals surface area contributed by atoms with E-state index >= 15 is 0 Å². The maximum absolute atomic E-state index is 5.94. The molecule has 4 nitrogen and oxygen atoms in total. The summed E-state index contributed by atoms with van der Waals surface area (Å²) in [6.45, 7) is 0. The Morgan fingerprint density at radius 1 is 0.955 bits per heavy atom. The van der Waals surface area contributed by atoms with Crippen molar-refractivity contribution in [3.63, 3.8) is 0 Å². The van der Waals surface area contributed by atoms with Crippen LogP contribution in [0.4, 0.5) is 0 Å². The Morgan fingerprint density at radius 3 is 2.41 bits per heavy atom. The van der Waals surface area contributed by atoms with E-state index in [9.17, 15) is 0 Å². The van der Waals surface area contributed by atoms with Crippen molar-refractivity contribution in [2.75, 3.05) is 14.2 Å². The highest BCUT2D eigenvalue weighted by Gasteiger charge is 2.17. The van der Waals surface area contributed by atoms with Crippen LogP contribution in [0.25, 0.3) is 22.5 Å². The van der Waals surface area contributed by atoms with Gasteiger partial charge in [0.1, 0.15) is 11.5 Å². The Bertz CT molecular complexity index is 781. The van der Waals surface area contributed by atoms with Crippen LogP contribution >= 0.6 is 11.6 Å². The van der Waals surface area contributed by atoms with E-state index in [1.165, 1.54) is 0 Å². The summed E-state index contributed by atoms with van der Waals surface area (Å²) in [5.41, 5.74) is 2.66. The van der Waals surface area contributed by atoms with Gasteiger partial charge in [-0.05, 0) is 29.8 Å². The Kier molecular flexibility index (Phi) is 4.02. The van der Waals surface area contributed by atoms with Crippen LogP contribution in [0.1, 0.15) is 0 Å². The van der Waals surface area contributed by atoms with Gasteiger partial charge in [0.25, 0.3) is 0 Å². The van der Waals surface area contributed by atoms with Gasteiger partial charge in [-0.3, -0.25) is 0 Å². The fourth-order valence-electron chi connectivity index (χ4n) is 2.26. The number of methoxy groups -OCH3 is 2. The van der Waals surface area contributed by atoms with Gasteiger partial charge < -0.3 is 14.0 Å². The standard InChI is InChI=1S/C17H14ClNO3/c1-20-13-7-8-14(16(9-13)21-2)17-15(10-19-22-17)11-3-5-12(18)6-4-11/h3-10H,1-2H3. The molecule has 0 N–H and O–H groups in total. The van der Waals surface area contributed by atoms with Crippen LogP contribution in [-0.2, 0) is 0 Å². The molecule has 0 aliphatic heterocycles. The van der Waals surface area contributed by atoms with Gasteiger partial charge in [-0.15, -0.1) is 0 Å². The second-order valence-electron chi connectivity index (χ2n) is 4.64. The molecular weight excluding hydrogens is 302 g/mol. The van der Waals surface area contributed by atoms with Crippen LogP contribution in [0.2, 0.25) is 5.02 Å². The smallest absolute Gasteiger partial charge is 0.178 e. The van der Waals surface area contributed by atoms with Gasteiger partial charge in [-0.25, -0.2) is 0 Å². The zero-order valence-corrected chi connectivity index (χ0v) is 12.9. The molecule has 3 aromatic rings. The molecule has 0 aliphatic carbocycles. The SMILES string of the molecule is COc1ccc(-c2oncc2-c2ccc(Cl)cc2)c(OC)c1. The number of hydrogen-bond acceptors (Lipinski definition) is 4. The summed E-state index contributed by atoms with van der Waals surface area (Å²) in [7, 11) is 3.22. The first kappa shape index (κ1) is 14.5. The van der Waals surface area contributed by atoms with E-state index in [-0.39, 0.29) is 0 Å². The lowest BCUT2D eigenvalue weighted by Gasteiger charge is -2.09. The fraction of sp³-hybridized carbons (Fsp3) is 0.118. The molecule has 5 heteroatoms. The molecule has 0 atom stereocenters. The maximum atomic E-state index is 5.94. The van der Waals surface area contributed by atoms with E-state index in [4.69, 9.17) is 25.6 Å². The molecule has 0 radical (unpaired) electrons. The molecule has 0 bridgehead atoms. The van der Waals surface area contributed by atoms with Crippen molar-refractivity contribution in [1.29, 1.82) is 0 Å². The number of ether oxygens (including phenoxy) is 2. The average molecular weight is 316 g/mol. The topological polar surface area (TPSA) is 44.5 Å². The molecule has 112 valence electrons. The van der Waals surface area contributed by atoms with Crippen LogP contribution in [-0.4, -0.2) is 19.4 Å². The second-order valence-corrected chi connectivity index (χ2v) is 5.08. The number of halogens is 1. The third-order valence-electron chi connectivity index (χ3n) is 3.38. The first-order valence-electron chi connectivity index (χ1n) is 6.66. The predicted octanol–water partition coefficient (Wildman–Crippen LogP) is 4.68. The van der Waals surface area contributed by atoms with Crippen molar-refractivity contribution in [3.8, 4) is 33.9 Å². The number of nitrogens with zero attached hydrogens (tertiary/aromatic N) is 1. The summed E-state index contributed by atoms with van der Waals surface area (Å²) in [6, 6.07) is 13.1. The molecule has 1 heterocycles. The number of benzene rings is 2. The highest BCUT2D eigenvalue weighted by Crippen LogP contribution is 2.39. The van der Waals surface area contributed by atoms with E-state index in [0.29, 0.717) is 22.3 Å². The lowest BCUT2D eigenvalue weighted by molar-refractivity contribution is 0.391. The number of hydrogen-bond donors (Lipinski definition) is 0. The Labute approximate surface area is 133 Å². The molecule has 0 spiro atoms. The predicted molar refractivity (Wildman–Crippen MR) is 85.5 cm³/mol. The van der Waals surface area contributed by atoms with Crippen molar-refractivity contribution in [2.24, 2.45) is 0 Å². The van der Waals surface area contributed by atoms with E-state index in [1.807, 2.05) is 42.5 Å². The van der Waals surface area contributed by atoms with Crippen LogP contribution < -0.4 is 9.47 Å². The van der Waals surface area contributed by atoms with Gasteiger partial charge in [0, 0.05) is 16.7 Å². The van der Waals surface area contributed by atoms with Crippen molar-refractivity contribution in [2.45, 2.75) is 0 Å². The van der Waals surface area contributed by atoms with Crippen molar-refractivity contribution in [3.05, 3.63) is 53.7 Å². The molecule has 22 heavy (non-hydrogen) atoms. The van der Waals surface area contributed by atoms with Gasteiger partial charge in [-0.1, -0.05) is 28.9 Å². The van der Waals surface area contributed by atoms with Gasteiger partial charge in [0.2, 0.25) is 0 Å². The molecule has 0 unspecified atom stereocenters. The summed E-state index contributed by atoms with van der Waals surface area (Å²) in [5.74, 6) is 2.02. The fourth-order valence-corrected chi connectivity index (χ4v) is 2.38. The molecule has 0 aliphatic rings. The van der Waals surface area contributed by atoms with E-state index in [0.717, 1.165) is 16.7 Å². The van der Waals surface area contributed by atoms with Gasteiger partial charge >= 0.3 is 0 Å². The highest BCUT2D eigenvalue weighted by atomic mass is 35.5. The monoisotopic (exact) mass is 315 g/mol. The molecule has 2 aromatic carbocycles. The molecule has 1 aromatic heterocycles. The summed E-state index contributed by atoms with van der Waals surface area (Å²) in [6.07, 6.45) is 1.68. The van der Waals surface area contributed by atoms with Crippen LogP contribution in [0, 0.1) is 0 Å². The lowest BCUT2D eigenvalue weighted by atomic mass is 10.0. The minimum atomic E-state index is 0.641. The third-order valence-corrected chi connectivity index (χ3v) is 3.63. The summed E-state index contributed by atoms with van der Waals surface area (Å²) in [5, 5.41) is 4.60. The second kappa shape index (κ2) is 6.12. The summed E-state index contributed by atoms with van der Waals surface area (Å²) >= 11 is 5.94. The lowest BCUT2D eigenvalue weighted by Crippen LogP contribution is -1.90. The minimum absolute atomic E-state index is 0.641. The molecular formula is C17H14ClNO3. The van der Waals surface area contributed by atoms with Gasteiger partial charge in [0.15, 0.2) is 5.76 Å². The zero-order chi connectivity index (χ0) is 15.5. The largest absolute Gasteiger partial charge is 0.497 e. The molecule has 0 saturated heterocycles. The Morgan fingerprint density at radius 2 is 1.73 bits per heavy atom. The molecule has 3 rings (SSSR count). The van der Waals surface area contributed by atoms with E-state index in [2.05, 4.69) is 5.16 Å². The first-order valence-corrected chi connectivity index (χ1v) is 7.03. The van der Waals surface area contributed by atoms with Gasteiger partial charge in [-0.2, -0.15) is 0 Å². The highest BCUT2D eigenvalue weighted by molar-refractivity contribution is 6.30. The molecule has 0 saturated carbocycles. The number of aromatic nitrogens is 1. The molecule has 0 amide bonds. The Balaban J connectivity index is 2.10. The number of rotatable bonds is 4. The normalized spacial score (nSPS) is 10.5. The quantitative estimate of drug-likeness (QED) is 0.701. The van der Waals surface area contributed by atoms with Crippen LogP contribution in [0.5, 0.6) is 11.5 Å². The maximum Gasteiger partial charge on any atom is 0.178 e. The average Bonchev–Trinajstić information content (AvgIpc) is 3.04. The van der Waals surface area contributed by atoms with E-state index < -0.39 is 0 Å². The first-order chi connectivity index (χ1) is 10.7. The van der Waals surface area contributed by atoms with Crippen molar-refractivity contribution < 1.29 is 14.0 Å². The van der Waals surface area contributed by atoms with Crippen molar-refractivity contribution >= 4 is 11.6 Å². The third kappa shape index (κ3) is 2.65. The van der Waals surface area contributed by atoms with Gasteiger partial charge in [0.05, 0.1) is 26.0 Å². The summed E-state index contributed by atoms with van der Waals surface area (Å²) in [4.78, 5) is 0. The van der Waals surface area contributed by atoms with Crippen molar-refractivity contribution in [1.82, 2.24) is 5.16 Å². The molecule has 0 fully saturated rings. The summed E-state index contributed by atoms with van der Waals surface area (Å²) < 4.78 is 16.1.